The summed E-state index contributed by atoms with van der Waals surface area (Å²) in [7, 11) is 1.32. The van der Waals surface area contributed by atoms with Gasteiger partial charge < -0.3 is 15.2 Å². The number of halogens is 3. The van der Waals surface area contributed by atoms with E-state index in [4.69, 9.17) is 15.2 Å². The number of ether oxygens (including phenoxy) is 2. The Balaban J connectivity index is 2.44. The maximum atomic E-state index is 11.8. The molecule has 1 aromatic heterocycles. The molecule has 0 spiro atoms. The number of nitrogens with zero attached hydrogens (tertiary/aromatic N) is 3. The smallest absolute Gasteiger partial charge is 0.389 e. The maximum Gasteiger partial charge on any atom is 0.389 e. The van der Waals surface area contributed by atoms with Gasteiger partial charge in [0.2, 0.25) is 5.95 Å². The van der Waals surface area contributed by atoms with Crippen LogP contribution < -0.4 is 15.2 Å². The van der Waals surface area contributed by atoms with Gasteiger partial charge >= 0.3 is 18.2 Å². The lowest BCUT2D eigenvalue weighted by Gasteiger charge is -2.07. The van der Waals surface area contributed by atoms with Crippen molar-refractivity contribution in [3.05, 3.63) is 0 Å². The molecular weight excluding hydrogens is 241 g/mol. The molecule has 17 heavy (non-hydrogen) atoms. The Labute approximate surface area is 95.0 Å². The van der Waals surface area contributed by atoms with Gasteiger partial charge in [-0.05, 0) is 6.42 Å². The van der Waals surface area contributed by atoms with E-state index in [9.17, 15) is 13.2 Å². The van der Waals surface area contributed by atoms with Crippen LogP contribution in [0.25, 0.3) is 0 Å². The van der Waals surface area contributed by atoms with Gasteiger partial charge in [-0.2, -0.15) is 23.1 Å². The summed E-state index contributed by atoms with van der Waals surface area (Å²) in [5.74, 6) is -0.123. The van der Waals surface area contributed by atoms with Gasteiger partial charge in [-0.1, -0.05) is 0 Å². The molecule has 1 aromatic rings. The van der Waals surface area contributed by atoms with Crippen molar-refractivity contribution in [1.82, 2.24) is 15.0 Å². The van der Waals surface area contributed by atoms with Crippen molar-refractivity contribution in [1.29, 1.82) is 0 Å². The van der Waals surface area contributed by atoms with E-state index in [1.165, 1.54) is 7.11 Å². The molecule has 0 aliphatic rings. The van der Waals surface area contributed by atoms with E-state index >= 15 is 0 Å². The van der Waals surface area contributed by atoms with Crippen LogP contribution in [0.2, 0.25) is 0 Å². The van der Waals surface area contributed by atoms with Gasteiger partial charge in [-0.25, -0.2) is 0 Å². The van der Waals surface area contributed by atoms with Crippen LogP contribution in [-0.4, -0.2) is 34.8 Å². The fraction of sp³-hybridized carbons (Fsp3) is 0.625. The van der Waals surface area contributed by atoms with E-state index in [1.54, 1.807) is 0 Å². The van der Waals surface area contributed by atoms with Gasteiger partial charge in [0.25, 0.3) is 0 Å². The molecule has 0 aliphatic carbocycles. The highest BCUT2D eigenvalue weighted by Crippen LogP contribution is 2.21. The zero-order valence-corrected chi connectivity index (χ0v) is 8.99. The Morgan fingerprint density at radius 3 is 2.41 bits per heavy atom. The highest BCUT2D eigenvalue weighted by Gasteiger charge is 2.26. The number of anilines is 1. The largest absolute Gasteiger partial charge is 0.467 e. The average molecular weight is 252 g/mol. The first-order valence-corrected chi connectivity index (χ1v) is 4.66. The molecule has 2 N–H and O–H groups in total. The highest BCUT2D eigenvalue weighted by atomic mass is 19.4. The Kier molecular flexibility index (Phi) is 4.30. The molecule has 1 rings (SSSR count). The summed E-state index contributed by atoms with van der Waals surface area (Å²) in [5, 5.41) is 0. The summed E-state index contributed by atoms with van der Waals surface area (Å²) in [6.45, 7) is -0.161. The van der Waals surface area contributed by atoms with Crippen molar-refractivity contribution in [2.75, 3.05) is 19.5 Å². The van der Waals surface area contributed by atoms with Crippen molar-refractivity contribution >= 4 is 5.95 Å². The topological polar surface area (TPSA) is 83.2 Å². The molecule has 0 saturated heterocycles. The Morgan fingerprint density at radius 1 is 1.18 bits per heavy atom. The standard InChI is InChI=1S/C8H11F3N4O2/c1-16-6-13-5(12)14-7(15-6)17-4-2-3-8(9,10)11/h2-4H2,1H3,(H2,12,13,14,15). The van der Waals surface area contributed by atoms with Crippen molar-refractivity contribution < 1.29 is 22.6 Å². The van der Waals surface area contributed by atoms with Crippen molar-refractivity contribution in [3.63, 3.8) is 0 Å². The van der Waals surface area contributed by atoms with E-state index in [2.05, 4.69) is 15.0 Å². The third-order valence-corrected chi connectivity index (χ3v) is 1.63. The molecule has 0 aromatic carbocycles. The summed E-state index contributed by atoms with van der Waals surface area (Å²) >= 11 is 0. The maximum absolute atomic E-state index is 11.8. The first kappa shape index (κ1) is 13.3. The summed E-state index contributed by atoms with van der Waals surface area (Å²) in [6.07, 6.45) is -5.30. The molecule has 6 nitrogen and oxygen atoms in total. The quantitative estimate of drug-likeness (QED) is 0.792. The second-order valence-electron chi connectivity index (χ2n) is 3.03. The fourth-order valence-corrected chi connectivity index (χ4v) is 0.945. The molecule has 0 aliphatic heterocycles. The molecule has 9 heteroatoms. The Morgan fingerprint density at radius 2 is 1.82 bits per heavy atom. The van der Waals surface area contributed by atoms with Crippen LogP contribution in [0.5, 0.6) is 12.0 Å². The monoisotopic (exact) mass is 252 g/mol. The fourth-order valence-electron chi connectivity index (χ4n) is 0.945. The number of alkyl halides is 3. The Bertz CT molecular complexity index is 372. The normalized spacial score (nSPS) is 11.3. The lowest BCUT2D eigenvalue weighted by atomic mass is 10.3. The van der Waals surface area contributed by atoms with Crippen LogP contribution >= 0.6 is 0 Å². The van der Waals surface area contributed by atoms with Crippen molar-refractivity contribution in [2.45, 2.75) is 19.0 Å². The number of hydrogen-bond acceptors (Lipinski definition) is 6. The van der Waals surface area contributed by atoms with Crippen LogP contribution in [0.3, 0.4) is 0 Å². The van der Waals surface area contributed by atoms with Crippen LogP contribution in [0, 0.1) is 0 Å². The van der Waals surface area contributed by atoms with Crippen LogP contribution in [0.15, 0.2) is 0 Å². The summed E-state index contributed by atoms with van der Waals surface area (Å²) in [4.78, 5) is 10.8. The summed E-state index contributed by atoms with van der Waals surface area (Å²) in [5.41, 5.74) is 5.31. The number of nitrogen functional groups attached to an aromatic ring is 1. The predicted octanol–water partition coefficient (Wildman–Crippen LogP) is 1.18. The van der Waals surface area contributed by atoms with Crippen LogP contribution in [-0.2, 0) is 0 Å². The van der Waals surface area contributed by atoms with E-state index < -0.39 is 12.6 Å². The zero-order valence-electron chi connectivity index (χ0n) is 8.99. The molecule has 0 saturated carbocycles. The summed E-state index contributed by atoms with van der Waals surface area (Å²) < 4.78 is 45.1. The van der Waals surface area contributed by atoms with E-state index in [1.807, 2.05) is 0 Å². The van der Waals surface area contributed by atoms with Gasteiger partial charge in [-0.3, -0.25) is 0 Å². The molecule has 0 amide bonds. The van der Waals surface area contributed by atoms with Gasteiger partial charge in [0.15, 0.2) is 0 Å². The molecule has 0 radical (unpaired) electrons. The third kappa shape index (κ3) is 5.18. The number of nitrogens with two attached hydrogens (primary N) is 1. The SMILES string of the molecule is COc1nc(N)nc(OCCCC(F)(F)F)n1. The zero-order chi connectivity index (χ0) is 12.9. The van der Waals surface area contributed by atoms with Gasteiger partial charge in [0.05, 0.1) is 13.7 Å². The van der Waals surface area contributed by atoms with E-state index in [-0.39, 0.29) is 31.0 Å². The number of methoxy groups -OCH3 is 1. The molecule has 0 unspecified atom stereocenters. The van der Waals surface area contributed by atoms with Crippen LogP contribution in [0.1, 0.15) is 12.8 Å². The average Bonchev–Trinajstić information content (AvgIpc) is 2.22. The Hall–Kier alpha value is -1.80. The molecule has 0 atom stereocenters. The summed E-state index contributed by atoms with van der Waals surface area (Å²) in [6, 6.07) is -0.208. The second-order valence-corrected chi connectivity index (χ2v) is 3.03. The minimum absolute atomic E-state index is 0.0525. The molecule has 1 heterocycles. The lowest BCUT2D eigenvalue weighted by Crippen LogP contribution is -2.11. The van der Waals surface area contributed by atoms with Crippen molar-refractivity contribution in [2.24, 2.45) is 0 Å². The number of aromatic nitrogens is 3. The number of rotatable bonds is 5. The van der Waals surface area contributed by atoms with E-state index in [0.29, 0.717) is 0 Å². The molecule has 0 fully saturated rings. The minimum Gasteiger partial charge on any atom is -0.467 e. The van der Waals surface area contributed by atoms with Gasteiger partial charge in [0.1, 0.15) is 0 Å². The third-order valence-electron chi connectivity index (χ3n) is 1.63. The molecule has 0 bridgehead atoms. The second kappa shape index (κ2) is 5.51. The van der Waals surface area contributed by atoms with Gasteiger partial charge in [-0.15, -0.1) is 4.98 Å². The molecular formula is C8H11F3N4O2. The van der Waals surface area contributed by atoms with Gasteiger partial charge in [0, 0.05) is 6.42 Å². The lowest BCUT2D eigenvalue weighted by molar-refractivity contribution is -0.136. The molecule has 96 valence electrons. The first-order chi connectivity index (χ1) is 7.90. The predicted molar refractivity (Wildman–Crippen MR) is 51.6 cm³/mol. The highest BCUT2D eigenvalue weighted by molar-refractivity contribution is 5.20. The minimum atomic E-state index is -4.20. The first-order valence-electron chi connectivity index (χ1n) is 4.66. The van der Waals surface area contributed by atoms with Crippen molar-refractivity contribution in [3.8, 4) is 12.0 Å². The number of hydrogen-bond donors (Lipinski definition) is 1. The van der Waals surface area contributed by atoms with E-state index in [0.717, 1.165) is 0 Å². The van der Waals surface area contributed by atoms with Crippen LogP contribution in [0.4, 0.5) is 19.1 Å².